The molecule has 0 amide bonds. The van der Waals surface area contributed by atoms with Gasteiger partial charge in [-0.1, -0.05) is 66.3 Å². The van der Waals surface area contributed by atoms with Crippen LogP contribution in [0.4, 0.5) is 0 Å². The molecule has 29 heavy (non-hydrogen) atoms. The van der Waals surface area contributed by atoms with E-state index in [2.05, 4.69) is 47.6 Å². The molecule has 144 valence electrons. The van der Waals surface area contributed by atoms with Gasteiger partial charge in [-0.25, -0.2) is 0 Å². The van der Waals surface area contributed by atoms with E-state index in [-0.39, 0.29) is 5.78 Å². The van der Waals surface area contributed by atoms with Gasteiger partial charge in [0.15, 0.2) is 5.78 Å². The number of ether oxygens (including phenoxy) is 1. The molecule has 3 nitrogen and oxygen atoms in total. The molecular formula is C24H18ClNO2S. The number of allylic oxidation sites excluding steroid dienone is 1. The number of thioether (sulfide) groups is 1. The van der Waals surface area contributed by atoms with E-state index in [0.717, 1.165) is 16.3 Å². The van der Waals surface area contributed by atoms with E-state index in [0.29, 0.717) is 21.9 Å². The molecule has 1 N–H and O–H groups in total. The fourth-order valence-corrected chi connectivity index (χ4v) is 3.94. The molecule has 1 aliphatic rings. The van der Waals surface area contributed by atoms with Crippen LogP contribution < -0.4 is 10.1 Å². The van der Waals surface area contributed by atoms with Crippen LogP contribution in [0, 0.1) is 0 Å². The van der Waals surface area contributed by atoms with Gasteiger partial charge in [-0.05, 0) is 47.0 Å². The summed E-state index contributed by atoms with van der Waals surface area (Å²) in [4.78, 5) is 12.0. The Bertz CT molecular complexity index is 1200. The van der Waals surface area contributed by atoms with E-state index >= 15 is 0 Å². The van der Waals surface area contributed by atoms with Crippen LogP contribution in [0.15, 0.2) is 89.5 Å². The third-order valence-corrected chi connectivity index (χ3v) is 5.62. The summed E-state index contributed by atoms with van der Waals surface area (Å²) in [5.74, 6) is 0.388. The lowest BCUT2D eigenvalue weighted by atomic mass is 10.1. The first-order valence-corrected chi connectivity index (χ1v) is 10.3. The predicted molar refractivity (Wildman–Crippen MR) is 122 cm³/mol. The largest absolute Gasteiger partial charge is 0.462 e. The minimum absolute atomic E-state index is 0.169. The van der Waals surface area contributed by atoms with Crippen molar-refractivity contribution in [3.63, 3.8) is 0 Å². The minimum atomic E-state index is -0.169. The minimum Gasteiger partial charge on any atom is -0.462 e. The Hall–Kier alpha value is -2.95. The van der Waals surface area contributed by atoms with Gasteiger partial charge < -0.3 is 10.1 Å². The Labute approximate surface area is 178 Å². The SMILES string of the molecule is C=C(C)C(=O)c1ccc(O/C=C2\NC(c3ccc4ccccc4c3)=CS2)cc1Cl. The number of benzene rings is 3. The highest BCUT2D eigenvalue weighted by Gasteiger charge is 2.14. The second kappa shape index (κ2) is 8.19. The van der Waals surface area contributed by atoms with Crippen molar-refractivity contribution < 1.29 is 9.53 Å². The molecule has 0 saturated carbocycles. The zero-order valence-corrected chi connectivity index (χ0v) is 17.3. The molecule has 1 aliphatic heterocycles. The van der Waals surface area contributed by atoms with E-state index in [4.69, 9.17) is 16.3 Å². The summed E-state index contributed by atoms with van der Waals surface area (Å²) in [7, 11) is 0. The molecule has 3 aromatic carbocycles. The van der Waals surface area contributed by atoms with Crippen LogP contribution in [0.3, 0.4) is 0 Å². The summed E-state index contributed by atoms with van der Waals surface area (Å²) in [5, 5.41) is 9.04. The van der Waals surface area contributed by atoms with Crippen molar-refractivity contribution in [3.8, 4) is 5.75 Å². The van der Waals surface area contributed by atoms with Gasteiger partial charge in [0.2, 0.25) is 0 Å². The maximum Gasteiger partial charge on any atom is 0.189 e. The lowest BCUT2D eigenvalue weighted by Crippen LogP contribution is -2.05. The number of ketones is 1. The van der Waals surface area contributed by atoms with Gasteiger partial charge >= 0.3 is 0 Å². The van der Waals surface area contributed by atoms with Gasteiger partial charge in [-0.3, -0.25) is 4.79 Å². The monoisotopic (exact) mass is 419 g/mol. The number of halogens is 1. The fraction of sp³-hybridized carbons (Fsp3) is 0.0417. The number of Topliss-reactive ketones (excluding diaryl/α,β-unsaturated/α-hetero) is 1. The molecule has 0 fully saturated rings. The van der Waals surface area contributed by atoms with Crippen LogP contribution >= 0.6 is 23.4 Å². The molecule has 4 rings (SSSR count). The molecule has 3 aromatic rings. The van der Waals surface area contributed by atoms with Crippen LogP contribution in [0.2, 0.25) is 5.02 Å². The highest BCUT2D eigenvalue weighted by Crippen LogP contribution is 2.32. The van der Waals surface area contributed by atoms with Crippen LogP contribution in [-0.4, -0.2) is 5.78 Å². The van der Waals surface area contributed by atoms with E-state index in [1.165, 1.54) is 10.8 Å². The van der Waals surface area contributed by atoms with Gasteiger partial charge in [0.1, 0.15) is 17.0 Å². The van der Waals surface area contributed by atoms with Gasteiger partial charge in [0, 0.05) is 17.0 Å². The summed E-state index contributed by atoms with van der Waals surface area (Å²) in [6.07, 6.45) is 1.64. The number of carbonyl (C=O) groups excluding carboxylic acids is 1. The molecule has 5 heteroatoms. The molecule has 0 radical (unpaired) electrons. The third-order valence-electron chi connectivity index (χ3n) is 4.50. The van der Waals surface area contributed by atoms with E-state index < -0.39 is 0 Å². The van der Waals surface area contributed by atoms with Gasteiger partial charge in [-0.2, -0.15) is 0 Å². The summed E-state index contributed by atoms with van der Waals surface area (Å²) < 4.78 is 5.72. The van der Waals surface area contributed by atoms with Crippen LogP contribution in [0.1, 0.15) is 22.8 Å². The van der Waals surface area contributed by atoms with Crippen LogP contribution in [0.5, 0.6) is 5.75 Å². The van der Waals surface area contributed by atoms with Gasteiger partial charge in [0.25, 0.3) is 0 Å². The topological polar surface area (TPSA) is 38.3 Å². The number of fused-ring (bicyclic) bond motifs is 1. The summed E-state index contributed by atoms with van der Waals surface area (Å²) in [6.45, 7) is 5.33. The van der Waals surface area contributed by atoms with Crippen LogP contribution in [0.25, 0.3) is 16.5 Å². The van der Waals surface area contributed by atoms with E-state index in [1.807, 2.05) is 12.1 Å². The Morgan fingerprint density at radius 2 is 1.90 bits per heavy atom. The van der Waals surface area contributed by atoms with E-state index in [1.54, 1.807) is 43.1 Å². The van der Waals surface area contributed by atoms with Crippen molar-refractivity contribution in [3.05, 3.63) is 106 Å². The van der Waals surface area contributed by atoms with Crippen molar-refractivity contribution in [2.75, 3.05) is 0 Å². The maximum absolute atomic E-state index is 12.0. The highest BCUT2D eigenvalue weighted by molar-refractivity contribution is 8.06. The normalized spacial score (nSPS) is 14.6. The average molecular weight is 420 g/mol. The van der Waals surface area contributed by atoms with Crippen molar-refractivity contribution in [2.24, 2.45) is 0 Å². The average Bonchev–Trinajstić information content (AvgIpc) is 3.20. The van der Waals surface area contributed by atoms with Gasteiger partial charge in [-0.15, -0.1) is 0 Å². The third kappa shape index (κ3) is 4.24. The zero-order chi connectivity index (χ0) is 20.4. The Morgan fingerprint density at radius 1 is 1.10 bits per heavy atom. The molecule has 1 heterocycles. The number of hydrogen-bond donors (Lipinski definition) is 1. The van der Waals surface area contributed by atoms with Crippen molar-refractivity contribution in [2.45, 2.75) is 6.92 Å². The quantitative estimate of drug-likeness (QED) is 0.281. The molecule has 0 aliphatic carbocycles. The first-order chi connectivity index (χ1) is 14.0. The summed E-state index contributed by atoms with van der Waals surface area (Å²) in [5.41, 5.74) is 3.01. The molecule has 0 aromatic heterocycles. The van der Waals surface area contributed by atoms with E-state index in [9.17, 15) is 4.79 Å². The summed E-state index contributed by atoms with van der Waals surface area (Å²) in [6, 6.07) is 19.7. The molecule has 0 saturated heterocycles. The Kier molecular flexibility index (Phi) is 5.47. The second-order valence-electron chi connectivity index (χ2n) is 6.69. The highest BCUT2D eigenvalue weighted by atomic mass is 35.5. The van der Waals surface area contributed by atoms with Crippen molar-refractivity contribution in [1.82, 2.24) is 5.32 Å². The molecular weight excluding hydrogens is 402 g/mol. The molecule has 0 atom stereocenters. The Balaban J connectivity index is 1.45. The maximum atomic E-state index is 12.0. The summed E-state index contributed by atoms with van der Waals surface area (Å²) >= 11 is 7.77. The molecule has 0 spiro atoms. The first kappa shape index (κ1) is 19.4. The first-order valence-electron chi connectivity index (χ1n) is 9.01. The number of hydrogen-bond acceptors (Lipinski definition) is 4. The molecule has 0 unspecified atom stereocenters. The molecule has 0 bridgehead atoms. The predicted octanol–water partition coefficient (Wildman–Crippen LogP) is 6.76. The number of rotatable bonds is 5. The van der Waals surface area contributed by atoms with Crippen molar-refractivity contribution in [1.29, 1.82) is 0 Å². The lowest BCUT2D eigenvalue weighted by Gasteiger charge is -2.08. The number of carbonyl (C=O) groups is 1. The standard InChI is InChI=1S/C24H18ClNO2S/c1-15(2)24(27)20-10-9-19(12-21(20)25)28-13-23-26-22(14-29-23)18-8-7-16-5-3-4-6-17(16)11-18/h3-14,26H,1H2,2H3/b23-13+. The lowest BCUT2D eigenvalue weighted by molar-refractivity contribution is 0.103. The zero-order valence-electron chi connectivity index (χ0n) is 15.7. The van der Waals surface area contributed by atoms with Crippen molar-refractivity contribution >= 4 is 45.6 Å². The second-order valence-corrected chi connectivity index (χ2v) is 8.01. The Morgan fingerprint density at radius 3 is 2.66 bits per heavy atom. The smallest absolute Gasteiger partial charge is 0.189 e. The number of nitrogens with one attached hydrogen (secondary N) is 1. The van der Waals surface area contributed by atoms with Crippen LogP contribution in [-0.2, 0) is 0 Å². The fourth-order valence-electron chi connectivity index (χ4n) is 2.97. The van der Waals surface area contributed by atoms with Gasteiger partial charge in [0.05, 0.1) is 10.7 Å².